The fraction of sp³-hybridized carbons (Fsp3) is 0.0690. The fourth-order valence-electron chi connectivity index (χ4n) is 4.19. The zero-order valence-electron chi connectivity index (χ0n) is 22.8. The van der Waals surface area contributed by atoms with E-state index >= 15 is 0 Å². The van der Waals surface area contributed by atoms with Crippen LogP contribution >= 0.6 is 11.8 Å². The van der Waals surface area contributed by atoms with Crippen LogP contribution in [0.5, 0.6) is 11.5 Å². The van der Waals surface area contributed by atoms with Gasteiger partial charge in [-0.3, -0.25) is 29.9 Å². The molecule has 5 rings (SSSR count). The molecule has 1 fully saturated rings. The van der Waals surface area contributed by atoms with Crippen molar-refractivity contribution in [3.05, 3.63) is 109 Å². The predicted molar refractivity (Wildman–Crippen MR) is 161 cm³/mol. The van der Waals surface area contributed by atoms with Gasteiger partial charge in [0.25, 0.3) is 17.3 Å². The first kappa shape index (κ1) is 29.5. The second-order valence-corrected chi connectivity index (χ2v) is 9.97. The number of nitro groups is 2. The molecule has 0 radical (unpaired) electrons. The molecule has 1 aromatic heterocycles. The minimum atomic E-state index is -1.06. The van der Waals surface area contributed by atoms with E-state index in [1.54, 1.807) is 24.3 Å². The summed E-state index contributed by atoms with van der Waals surface area (Å²) in [4.78, 5) is 52.4. The molecule has 2 heterocycles. The van der Waals surface area contributed by atoms with E-state index in [0.717, 1.165) is 11.8 Å². The van der Waals surface area contributed by atoms with Gasteiger partial charge < -0.3 is 19.0 Å². The van der Waals surface area contributed by atoms with Gasteiger partial charge in [-0.15, -0.1) is 0 Å². The zero-order valence-corrected chi connectivity index (χ0v) is 23.6. The molecular weight excluding hydrogens is 596 g/mol. The summed E-state index contributed by atoms with van der Waals surface area (Å²) in [6.45, 7) is 0. The molecule has 15 heteroatoms. The number of methoxy groups -OCH3 is 2. The number of aliphatic imine (C=N–C) groups is 1. The third kappa shape index (κ3) is 5.84. The summed E-state index contributed by atoms with van der Waals surface area (Å²) in [5.74, 6) is -0.757. The minimum absolute atomic E-state index is 0.0304. The molecule has 1 saturated heterocycles. The Hall–Kier alpha value is -5.96. The van der Waals surface area contributed by atoms with Gasteiger partial charge in [0.1, 0.15) is 23.0 Å². The number of carboxylic acids is 1. The van der Waals surface area contributed by atoms with E-state index in [4.69, 9.17) is 19.0 Å². The maximum Gasteiger partial charge on any atom is 0.335 e. The quantitative estimate of drug-likeness (QED) is 0.126. The van der Waals surface area contributed by atoms with E-state index in [1.165, 1.54) is 73.7 Å². The summed E-state index contributed by atoms with van der Waals surface area (Å²) in [5, 5.41) is 31.9. The van der Waals surface area contributed by atoms with Crippen molar-refractivity contribution in [3.63, 3.8) is 0 Å². The lowest BCUT2D eigenvalue weighted by Gasteiger charge is -2.18. The summed E-state index contributed by atoms with van der Waals surface area (Å²) in [6, 6.07) is 16.9. The van der Waals surface area contributed by atoms with Gasteiger partial charge in [0.2, 0.25) is 0 Å². The molecule has 222 valence electrons. The molecule has 4 aromatic rings. The maximum absolute atomic E-state index is 13.8. The molecule has 1 N–H and O–H groups in total. The van der Waals surface area contributed by atoms with Gasteiger partial charge in [-0.05, 0) is 48.2 Å². The summed E-state index contributed by atoms with van der Waals surface area (Å²) >= 11 is 0.964. The first-order chi connectivity index (χ1) is 21.1. The second-order valence-electron chi connectivity index (χ2n) is 8.96. The Morgan fingerprint density at radius 1 is 0.932 bits per heavy atom. The van der Waals surface area contributed by atoms with Gasteiger partial charge >= 0.3 is 5.97 Å². The van der Waals surface area contributed by atoms with E-state index in [1.807, 2.05) is 0 Å². The summed E-state index contributed by atoms with van der Waals surface area (Å²) in [7, 11) is 2.62. The molecule has 3 aromatic carbocycles. The molecule has 0 aliphatic carbocycles. The van der Waals surface area contributed by atoms with Crippen LogP contribution in [0.2, 0.25) is 0 Å². The lowest BCUT2D eigenvalue weighted by molar-refractivity contribution is -0.385. The van der Waals surface area contributed by atoms with Crippen molar-refractivity contribution in [3.8, 4) is 22.8 Å². The highest BCUT2D eigenvalue weighted by molar-refractivity contribution is 8.19. The number of thioether (sulfide) groups is 1. The summed E-state index contributed by atoms with van der Waals surface area (Å²) < 4.78 is 16.6. The van der Waals surface area contributed by atoms with Crippen LogP contribution in [0.15, 0.2) is 87.1 Å². The van der Waals surface area contributed by atoms with Crippen molar-refractivity contribution in [2.24, 2.45) is 4.99 Å². The number of amides is 1. The first-order valence-corrected chi connectivity index (χ1v) is 13.3. The number of rotatable bonds is 9. The molecule has 0 unspecified atom stereocenters. The molecule has 0 bridgehead atoms. The number of aromatic carboxylic acids is 1. The topological polar surface area (TPSA) is 188 Å². The molecule has 1 aliphatic heterocycles. The number of hydrogen-bond donors (Lipinski definition) is 1. The second kappa shape index (κ2) is 12.1. The van der Waals surface area contributed by atoms with Crippen LogP contribution < -0.4 is 14.4 Å². The molecule has 44 heavy (non-hydrogen) atoms. The van der Waals surface area contributed by atoms with Crippen LogP contribution in [0.4, 0.5) is 22.7 Å². The number of anilines is 1. The molecule has 1 amide bonds. The molecule has 0 spiro atoms. The third-order valence-corrected chi connectivity index (χ3v) is 7.30. The van der Waals surface area contributed by atoms with Crippen LogP contribution in [0.1, 0.15) is 16.1 Å². The Morgan fingerprint density at radius 3 is 2.18 bits per heavy atom. The number of non-ortho nitro benzene ring substituents is 2. The Morgan fingerprint density at radius 2 is 1.57 bits per heavy atom. The van der Waals surface area contributed by atoms with E-state index in [-0.39, 0.29) is 49.9 Å². The lowest BCUT2D eigenvalue weighted by Crippen LogP contribution is -2.29. The monoisotopic (exact) mass is 616 g/mol. The third-order valence-electron chi connectivity index (χ3n) is 6.33. The van der Waals surface area contributed by atoms with Gasteiger partial charge in [-0.1, -0.05) is 12.1 Å². The largest absolute Gasteiger partial charge is 0.494 e. The van der Waals surface area contributed by atoms with Crippen LogP contribution in [-0.2, 0) is 4.79 Å². The number of furan rings is 1. The fourth-order valence-corrected chi connectivity index (χ4v) is 5.16. The predicted octanol–water partition coefficient (Wildman–Crippen LogP) is 6.29. The van der Waals surface area contributed by atoms with E-state index < -0.39 is 21.7 Å². The van der Waals surface area contributed by atoms with Crippen molar-refractivity contribution in [2.75, 3.05) is 19.1 Å². The summed E-state index contributed by atoms with van der Waals surface area (Å²) in [5.41, 5.74) is 0.615. The van der Waals surface area contributed by atoms with Crippen LogP contribution in [0, 0.1) is 20.2 Å². The van der Waals surface area contributed by atoms with E-state index in [2.05, 4.69) is 4.99 Å². The Bertz CT molecular complexity index is 1880. The molecule has 1 aliphatic rings. The number of carbonyl (C=O) groups excluding carboxylic acids is 1. The average Bonchev–Trinajstić information content (AvgIpc) is 3.60. The van der Waals surface area contributed by atoms with Crippen LogP contribution in [-0.4, -0.2) is 46.2 Å². The number of hydrogen-bond acceptors (Lipinski definition) is 11. The van der Waals surface area contributed by atoms with Crippen LogP contribution in [0.25, 0.3) is 17.4 Å². The van der Waals surface area contributed by atoms with Crippen molar-refractivity contribution in [1.29, 1.82) is 0 Å². The van der Waals surface area contributed by atoms with Crippen molar-refractivity contribution in [2.45, 2.75) is 0 Å². The normalized spacial score (nSPS) is 14.7. The van der Waals surface area contributed by atoms with Gasteiger partial charge in [0, 0.05) is 23.8 Å². The Kier molecular flexibility index (Phi) is 8.12. The average molecular weight is 617 g/mol. The Labute approximate surface area is 252 Å². The molecule has 0 saturated carbocycles. The number of amidine groups is 1. The number of nitrogens with zero attached hydrogens (tertiary/aromatic N) is 4. The van der Waals surface area contributed by atoms with Gasteiger partial charge in [-0.25, -0.2) is 9.79 Å². The first-order valence-electron chi connectivity index (χ1n) is 12.5. The van der Waals surface area contributed by atoms with Gasteiger partial charge in [-0.2, -0.15) is 0 Å². The Balaban J connectivity index is 1.57. The highest BCUT2D eigenvalue weighted by Crippen LogP contribution is 2.43. The van der Waals surface area contributed by atoms with Crippen molar-refractivity contribution in [1.82, 2.24) is 0 Å². The van der Waals surface area contributed by atoms with Gasteiger partial charge in [0.15, 0.2) is 10.9 Å². The SMILES string of the molecule is COc1cc([N+](=O)[O-])ccc1N=C1S/C(=C/c2ccc(-c3ccc(C(=O)O)cc3)o2)C(=O)N1c1ccc([N+](=O)[O-])cc1OC. The molecular formula is C29H20N4O10S. The van der Waals surface area contributed by atoms with Crippen molar-refractivity contribution < 1.29 is 38.4 Å². The minimum Gasteiger partial charge on any atom is -0.494 e. The van der Waals surface area contributed by atoms with Gasteiger partial charge in [0.05, 0.1) is 52.4 Å². The maximum atomic E-state index is 13.8. The number of nitro benzene ring substituents is 2. The number of ether oxygens (including phenoxy) is 2. The lowest BCUT2D eigenvalue weighted by atomic mass is 10.1. The summed E-state index contributed by atoms with van der Waals surface area (Å²) in [6.07, 6.45) is 1.49. The standard InChI is InChI=1S/C29H20N4O10S/c1-41-24-13-18(32(37)38)7-10-21(24)30-29-31(22-11-8-19(33(39)40)14-25(22)42-2)27(34)26(44-29)15-20-9-12-23(43-20)16-3-5-17(6-4-16)28(35)36/h3-15H,1-2H3,(H,35,36)/b26-15+,30-29?. The van der Waals surface area contributed by atoms with E-state index in [0.29, 0.717) is 17.1 Å². The smallest absolute Gasteiger partial charge is 0.335 e. The van der Waals surface area contributed by atoms with Crippen molar-refractivity contribution >= 4 is 57.6 Å². The molecule has 0 atom stereocenters. The zero-order chi connectivity index (χ0) is 31.5. The number of benzene rings is 3. The van der Waals surface area contributed by atoms with E-state index in [9.17, 15) is 29.8 Å². The number of carboxylic acid groups (broad SMARTS) is 1. The molecule has 14 nitrogen and oxygen atoms in total. The highest BCUT2D eigenvalue weighted by Gasteiger charge is 2.37. The highest BCUT2D eigenvalue weighted by atomic mass is 32.2. The van der Waals surface area contributed by atoms with Crippen LogP contribution in [0.3, 0.4) is 0 Å². The number of carbonyl (C=O) groups is 2.